The molecule has 6 heteroatoms. The van der Waals surface area contributed by atoms with Gasteiger partial charge in [0.15, 0.2) is 0 Å². The summed E-state index contributed by atoms with van der Waals surface area (Å²) in [6.07, 6.45) is 3.25. The van der Waals surface area contributed by atoms with Crippen LogP contribution in [0, 0.1) is 0 Å². The number of aliphatic carboxylic acids is 1. The maximum atomic E-state index is 11.6. The molecule has 0 atom stereocenters. The molecule has 6 nitrogen and oxygen atoms in total. The van der Waals surface area contributed by atoms with Crippen molar-refractivity contribution in [1.82, 2.24) is 10.2 Å². The Morgan fingerprint density at radius 3 is 2.58 bits per heavy atom. The van der Waals surface area contributed by atoms with Gasteiger partial charge >= 0.3 is 5.97 Å². The number of carbonyl (C=O) groups is 2. The third-order valence-corrected chi connectivity index (χ3v) is 2.72. The molecule has 0 bridgehead atoms. The molecule has 0 fully saturated rings. The molecule has 0 spiro atoms. The molecule has 0 aromatic carbocycles. The van der Waals surface area contributed by atoms with Crippen molar-refractivity contribution in [3.8, 4) is 0 Å². The van der Waals surface area contributed by atoms with Crippen LogP contribution in [0.1, 0.15) is 32.6 Å². The minimum absolute atomic E-state index is 0.0669. The zero-order valence-corrected chi connectivity index (χ0v) is 12.0. The summed E-state index contributed by atoms with van der Waals surface area (Å²) < 4.78 is 4.85. The van der Waals surface area contributed by atoms with Gasteiger partial charge in [-0.25, -0.2) is 0 Å². The standard InChI is InChI=1S/C13H26N2O4/c1-3-4-5-8-15(9-6-13(17)18)11-12(16)14-7-10-19-2/h3-11H2,1-2H3,(H,14,16)(H,17,18). The van der Waals surface area contributed by atoms with E-state index < -0.39 is 5.97 Å². The zero-order valence-electron chi connectivity index (χ0n) is 12.0. The first kappa shape index (κ1) is 17.9. The minimum atomic E-state index is -0.833. The van der Waals surface area contributed by atoms with Gasteiger partial charge in [-0.05, 0) is 13.0 Å². The second-order valence-electron chi connectivity index (χ2n) is 4.47. The highest BCUT2D eigenvalue weighted by Gasteiger charge is 2.11. The number of ether oxygens (including phenoxy) is 1. The molecule has 0 unspecified atom stereocenters. The van der Waals surface area contributed by atoms with Crippen molar-refractivity contribution in [2.45, 2.75) is 32.6 Å². The number of hydrogen-bond donors (Lipinski definition) is 2. The monoisotopic (exact) mass is 274 g/mol. The normalized spacial score (nSPS) is 10.7. The molecule has 0 saturated carbocycles. The van der Waals surface area contributed by atoms with E-state index in [2.05, 4.69) is 12.2 Å². The average molecular weight is 274 g/mol. The van der Waals surface area contributed by atoms with Crippen molar-refractivity contribution in [1.29, 1.82) is 0 Å². The average Bonchev–Trinajstić information content (AvgIpc) is 2.36. The van der Waals surface area contributed by atoms with Crippen LogP contribution >= 0.6 is 0 Å². The fourth-order valence-corrected chi connectivity index (χ4v) is 1.66. The Kier molecular flexibility index (Phi) is 11.2. The van der Waals surface area contributed by atoms with Gasteiger partial charge in [-0.3, -0.25) is 14.5 Å². The summed E-state index contributed by atoms with van der Waals surface area (Å²) in [6, 6.07) is 0. The number of rotatable bonds is 12. The molecule has 0 heterocycles. The number of nitrogens with zero attached hydrogens (tertiary/aromatic N) is 1. The summed E-state index contributed by atoms with van der Waals surface area (Å²) in [7, 11) is 1.58. The Bertz CT molecular complexity index is 259. The highest BCUT2D eigenvalue weighted by Crippen LogP contribution is 1.99. The van der Waals surface area contributed by atoms with Crippen LogP contribution in [0.2, 0.25) is 0 Å². The van der Waals surface area contributed by atoms with Gasteiger partial charge in [0.2, 0.25) is 5.91 Å². The van der Waals surface area contributed by atoms with Crippen molar-refractivity contribution < 1.29 is 19.4 Å². The first-order valence-corrected chi connectivity index (χ1v) is 6.80. The fourth-order valence-electron chi connectivity index (χ4n) is 1.66. The second-order valence-corrected chi connectivity index (χ2v) is 4.47. The van der Waals surface area contributed by atoms with Crippen LogP contribution in [0.4, 0.5) is 0 Å². The highest BCUT2D eigenvalue weighted by atomic mass is 16.5. The van der Waals surface area contributed by atoms with E-state index >= 15 is 0 Å². The molecule has 0 aliphatic rings. The summed E-state index contributed by atoms with van der Waals surface area (Å²) in [5.41, 5.74) is 0. The molecule has 0 aromatic heterocycles. The van der Waals surface area contributed by atoms with E-state index in [-0.39, 0.29) is 18.9 Å². The number of amides is 1. The molecular formula is C13H26N2O4. The van der Waals surface area contributed by atoms with Crippen LogP contribution in [0.5, 0.6) is 0 Å². The minimum Gasteiger partial charge on any atom is -0.481 e. The van der Waals surface area contributed by atoms with Crippen molar-refractivity contribution in [2.75, 3.05) is 39.9 Å². The molecule has 0 aliphatic heterocycles. The van der Waals surface area contributed by atoms with Gasteiger partial charge < -0.3 is 15.2 Å². The highest BCUT2D eigenvalue weighted by molar-refractivity contribution is 5.78. The third kappa shape index (κ3) is 11.7. The van der Waals surface area contributed by atoms with E-state index in [1.807, 2.05) is 4.90 Å². The molecular weight excluding hydrogens is 248 g/mol. The number of unbranched alkanes of at least 4 members (excludes halogenated alkanes) is 2. The van der Waals surface area contributed by atoms with Gasteiger partial charge in [0.1, 0.15) is 0 Å². The van der Waals surface area contributed by atoms with Gasteiger partial charge in [0, 0.05) is 20.2 Å². The fraction of sp³-hybridized carbons (Fsp3) is 0.846. The number of methoxy groups -OCH3 is 1. The predicted octanol–water partition coefficient (Wildman–Crippen LogP) is 0.716. The second kappa shape index (κ2) is 11.9. The SMILES string of the molecule is CCCCCN(CCC(=O)O)CC(=O)NCCOC. The molecule has 0 radical (unpaired) electrons. The van der Waals surface area contributed by atoms with E-state index in [1.54, 1.807) is 7.11 Å². The summed E-state index contributed by atoms with van der Waals surface area (Å²) in [4.78, 5) is 24.1. The lowest BCUT2D eigenvalue weighted by Gasteiger charge is -2.20. The summed E-state index contributed by atoms with van der Waals surface area (Å²) in [5.74, 6) is -0.917. The van der Waals surface area contributed by atoms with Gasteiger partial charge in [0.05, 0.1) is 19.6 Å². The van der Waals surface area contributed by atoms with Crippen molar-refractivity contribution in [3.63, 3.8) is 0 Å². The molecule has 0 rings (SSSR count). The van der Waals surface area contributed by atoms with Crippen LogP contribution in [0.15, 0.2) is 0 Å². The Morgan fingerprint density at radius 1 is 1.26 bits per heavy atom. The van der Waals surface area contributed by atoms with E-state index in [9.17, 15) is 9.59 Å². The van der Waals surface area contributed by atoms with Crippen LogP contribution in [0.3, 0.4) is 0 Å². The summed E-state index contributed by atoms with van der Waals surface area (Å²) >= 11 is 0. The van der Waals surface area contributed by atoms with Gasteiger partial charge in [0.25, 0.3) is 0 Å². The lowest BCUT2D eigenvalue weighted by atomic mass is 10.2. The Labute approximate surface area is 115 Å². The number of hydrogen-bond acceptors (Lipinski definition) is 4. The molecule has 0 saturated heterocycles. The number of carbonyl (C=O) groups excluding carboxylic acids is 1. The molecule has 2 N–H and O–H groups in total. The van der Waals surface area contributed by atoms with E-state index in [0.29, 0.717) is 19.7 Å². The number of carboxylic acid groups (broad SMARTS) is 1. The van der Waals surface area contributed by atoms with Crippen LogP contribution in [0.25, 0.3) is 0 Å². The van der Waals surface area contributed by atoms with Crippen molar-refractivity contribution in [2.24, 2.45) is 0 Å². The molecule has 0 aromatic rings. The maximum Gasteiger partial charge on any atom is 0.304 e. The maximum absolute atomic E-state index is 11.6. The van der Waals surface area contributed by atoms with Crippen LogP contribution < -0.4 is 5.32 Å². The first-order chi connectivity index (χ1) is 9.10. The Morgan fingerprint density at radius 2 is 2.00 bits per heavy atom. The molecule has 0 aliphatic carbocycles. The summed E-state index contributed by atoms with van der Waals surface area (Å²) in [5, 5.41) is 11.4. The van der Waals surface area contributed by atoms with Crippen LogP contribution in [-0.2, 0) is 14.3 Å². The zero-order chi connectivity index (χ0) is 14.5. The quantitative estimate of drug-likeness (QED) is 0.513. The first-order valence-electron chi connectivity index (χ1n) is 6.80. The van der Waals surface area contributed by atoms with Crippen LogP contribution in [-0.4, -0.2) is 61.8 Å². The van der Waals surface area contributed by atoms with Gasteiger partial charge in [-0.15, -0.1) is 0 Å². The summed E-state index contributed by atoms with van der Waals surface area (Å²) in [6.45, 7) is 4.50. The molecule has 1 amide bonds. The topological polar surface area (TPSA) is 78.9 Å². The van der Waals surface area contributed by atoms with E-state index in [4.69, 9.17) is 9.84 Å². The lowest BCUT2D eigenvalue weighted by Crippen LogP contribution is -2.39. The molecule has 19 heavy (non-hydrogen) atoms. The van der Waals surface area contributed by atoms with Gasteiger partial charge in [-0.1, -0.05) is 19.8 Å². The molecule has 112 valence electrons. The largest absolute Gasteiger partial charge is 0.481 e. The Hall–Kier alpha value is -1.14. The number of nitrogens with one attached hydrogen (secondary N) is 1. The van der Waals surface area contributed by atoms with E-state index in [0.717, 1.165) is 25.8 Å². The van der Waals surface area contributed by atoms with Crippen molar-refractivity contribution in [3.05, 3.63) is 0 Å². The van der Waals surface area contributed by atoms with Gasteiger partial charge in [-0.2, -0.15) is 0 Å². The smallest absolute Gasteiger partial charge is 0.304 e. The van der Waals surface area contributed by atoms with E-state index in [1.165, 1.54) is 0 Å². The number of carboxylic acids is 1. The lowest BCUT2D eigenvalue weighted by molar-refractivity contribution is -0.137. The third-order valence-electron chi connectivity index (χ3n) is 2.72. The Balaban J connectivity index is 4.00. The van der Waals surface area contributed by atoms with Crippen molar-refractivity contribution >= 4 is 11.9 Å². The predicted molar refractivity (Wildman–Crippen MR) is 73.1 cm³/mol.